The number of hydroxylamine groups is 1. The first-order valence-corrected chi connectivity index (χ1v) is 5.32. The van der Waals surface area contributed by atoms with E-state index in [1.807, 2.05) is 6.92 Å². The number of amides is 2. The number of carbonyl (C=O) groups excluding carboxylic acids is 2. The number of rotatable bonds is 7. The summed E-state index contributed by atoms with van der Waals surface area (Å²) in [5.41, 5.74) is 6.65. The van der Waals surface area contributed by atoms with Crippen molar-refractivity contribution in [1.82, 2.24) is 5.48 Å². The molecular formula is C7H13N2O5S-. The summed E-state index contributed by atoms with van der Waals surface area (Å²) >= 11 is -2.82. The van der Waals surface area contributed by atoms with Gasteiger partial charge in [0.1, 0.15) is 11.4 Å². The molecule has 88 valence electrons. The molecule has 3 N–H and O–H groups in total. The average Bonchev–Trinajstić information content (AvgIpc) is 2.12. The highest BCUT2D eigenvalue weighted by Gasteiger charge is 2.19. The van der Waals surface area contributed by atoms with Gasteiger partial charge >= 0.3 is 0 Å². The maximum atomic E-state index is 11.3. The van der Waals surface area contributed by atoms with Gasteiger partial charge in [-0.3, -0.25) is 9.59 Å². The molecule has 2 unspecified atom stereocenters. The number of hydrogen-bond acceptors (Lipinski definition) is 5. The van der Waals surface area contributed by atoms with Gasteiger partial charge in [-0.2, -0.15) is 4.28 Å². The van der Waals surface area contributed by atoms with Crippen LogP contribution in [0.3, 0.4) is 0 Å². The Morgan fingerprint density at radius 2 is 2.20 bits per heavy atom. The summed E-state index contributed by atoms with van der Waals surface area (Å²) in [5, 5.41) is 0. The minimum absolute atomic E-state index is 0.130. The Labute approximate surface area is 89.8 Å². The first kappa shape index (κ1) is 14.0. The van der Waals surface area contributed by atoms with E-state index in [2.05, 4.69) is 4.28 Å². The van der Waals surface area contributed by atoms with Crippen molar-refractivity contribution in [3.8, 4) is 0 Å². The van der Waals surface area contributed by atoms with Crippen molar-refractivity contribution in [3.63, 3.8) is 0 Å². The molecule has 0 aliphatic carbocycles. The summed E-state index contributed by atoms with van der Waals surface area (Å²) in [7, 11) is 0. The van der Waals surface area contributed by atoms with Crippen molar-refractivity contribution < 1.29 is 22.6 Å². The highest BCUT2D eigenvalue weighted by atomic mass is 32.2. The molecule has 0 spiro atoms. The Kier molecular flexibility index (Phi) is 6.84. The van der Waals surface area contributed by atoms with Crippen LogP contribution in [0.15, 0.2) is 0 Å². The zero-order valence-corrected chi connectivity index (χ0v) is 9.04. The fourth-order valence-electron chi connectivity index (χ4n) is 1.08. The van der Waals surface area contributed by atoms with Crippen molar-refractivity contribution >= 4 is 23.2 Å². The van der Waals surface area contributed by atoms with Gasteiger partial charge in [-0.15, -0.1) is 0 Å². The molecule has 15 heavy (non-hydrogen) atoms. The summed E-state index contributed by atoms with van der Waals surface area (Å²) in [4.78, 5) is 21.9. The second kappa shape index (κ2) is 7.32. The molecule has 0 saturated heterocycles. The Balaban J connectivity index is 4.15. The standard InChI is InChI=1S/C7H14N2O5S/c1-2-3-5(4-6(8)10)7(11)9-14-15(12)13/h5H,2-4H2,1H3,(H2,8,10)(H,9,11)(H,12,13)/p-1. The number of primary amides is 1. The predicted octanol–water partition coefficient (Wildman–Crippen LogP) is -0.880. The minimum Gasteiger partial charge on any atom is -0.748 e. The Hall–Kier alpha value is -0.990. The first-order valence-electron chi connectivity index (χ1n) is 4.32. The third kappa shape index (κ3) is 7.00. The van der Waals surface area contributed by atoms with Crippen LogP contribution in [0.1, 0.15) is 26.2 Å². The monoisotopic (exact) mass is 237 g/mol. The van der Waals surface area contributed by atoms with Crippen LogP contribution in [0.25, 0.3) is 0 Å². The molecule has 0 aromatic rings. The summed E-state index contributed by atoms with van der Waals surface area (Å²) in [6, 6.07) is 0. The molecule has 0 bridgehead atoms. The van der Waals surface area contributed by atoms with Gasteiger partial charge < -0.3 is 10.3 Å². The molecule has 0 aromatic carbocycles. The lowest BCUT2D eigenvalue weighted by Gasteiger charge is -2.14. The van der Waals surface area contributed by atoms with Crippen molar-refractivity contribution in [1.29, 1.82) is 0 Å². The van der Waals surface area contributed by atoms with Crippen molar-refractivity contribution in [3.05, 3.63) is 0 Å². The first-order chi connectivity index (χ1) is 6.97. The van der Waals surface area contributed by atoms with E-state index >= 15 is 0 Å². The number of hydrogen-bond donors (Lipinski definition) is 2. The maximum Gasteiger partial charge on any atom is 0.248 e. The van der Waals surface area contributed by atoms with E-state index in [9.17, 15) is 18.4 Å². The van der Waals surface area contributed by atoms with E-state index in [1.54, 1.807) is 5.48 Å². The third-order valence-electron chi connectivity index (χ3n) is 1.67. The van der Waals surface area contributed by atoms with Crippen LogP contribution < -0.4 is 11.2 Å². The lowest BCUT2D eigenvalue weighted by atomic mass is 9.99. The third-order valence-corrected chi connectivity index (χ3v) is 1.89. The molecule has 0 heterocycles. The van der Waals surface area contributed by atoms with Crippen molar-refractivity contribution in [2.45, 2.75) is 26.2 Å². The lowest BCUT2D eigenvalue weighted by Crippen LogP contribution is -2.33. The summed E-state index contributed by atoms with van der Waals surface area (Å²) < 4.78 is 23.8. The Morgan fingerprint density at radius 1 is 1.60 bits per heavy atom. The van der Waals surface area contributed by atoms with Crippen LogP contribution in [-0.4, -0.2) is 20.6 Å². The molecule has 8 heteroatoms. The summed E-state index contributed by atoms with van der Waals surface area (Å²) in [6.45, 7) is 1.83. The van der Waals surface area contributed by atoms with Crippen LogP contribution in [0.4, 0.5) is 0 Å². The van der Waals surface area contributed by atoms with Gasteiger partial charge in [0.25, 0.3) is 0 Å². The lowest BCUT2D eigenvalue weighted by molar-refractivity contribution is -0.134. The molecule has 0 aromatic heterocycles. The molecule has 0 aliphatic heterocycles. The zero-order valence-electron chi connectivity index (χ0n) is 8.23. The topological polar surface area (TPSA) is 122 Å². The maximum absolute atomic E-state index is 11.3. The summed E-state index contributed by atoms with van der Waals surface area (Å²) in [5.74, 6) is -1.94. The van der Waals surface area contributed by atoms with E-state index in [0.717, 1.165) is 0 Å². The molecular weight excluding hydrogens is 224 g/mol. The molecule has 0 radical (unpaired) electrons. The van der Waals surface area contributed by atoms with E-state index < -0.39 is 29.1 Å². The normalized spacial score (nSPS) is 14.3. The SMILES string of the molecule is CCCC(CC(N)=O)C(=O)NOS(=O)[O-]. The van der Waals surface area contributed by atoms with Crippen LogP contribution in [-0.2, 0) is 25.2 Å². The zero-order chi connectivity index (χ0) is 11.8. The molecule has 7 nitrogen and oxygen atoms in total. The van der Waals surface area contributed by atoms with Crippen LogP contribution in [0.5, 0.6) is 0 Å². The smallest absolute Gasteiger partial charge is 0.248 e. The van der Waals surface area contributed by atoms with Gasteiger partial charge in [-0.05, 0) is 6.42 Å². The van der Waals surface area contributed by atoms with Gasteiger partial charge in [0.2, 0.25) is 11.8 Å². The second-order valence-corrected chi connectivity index (χ2v) is 3.48. The molecule has 2 atom stereocenters. The van der Waals surface area contributed by atoms with Gasteiger partial charge in [-0.25, -0.2) is 9.69 Å². The fraction of sp³-hybridized carbons (Fsp3) is 0.714. The number of nitrogens with one attached hydrogen (secondary N) is 1. The van der Waals surface area contributed by atoms with Crippen molar-refractivity contribution in [2.75, 3.05) is 0 Å². The van der Waals surface area contributed by atoms with Gasteiger partial charge in [0.15, 0.2) is 0 Å². The minimum atomic E-state index is -2.82. The van der Waals surface area contributed by atoms with Crippen LogP contribution in [0.2, 0.25) is 0 Å². The van der Waals surface area contributed by atoms with E-state index in [-0.39, 0.29) is 6.42 Å². The van der Waals surface area contributed by atoms with Gasteiger partial charge in [0.05, 0.1) is 0 Å². The van der Waals surface area contributed by atoms with Crippen LogP contribution in [0, 0.1) is 5.92 Å². The highest BCUT2D eigenvalue weighted by Crippen LogP contribution is 2.10. The van der Waals surface area contributed by atoms with Gasteiger partial charge in [0, 0.05) is 12.3 Å². The molecule has 0 aliphatic rings. The highest BCUT2D eigenvalue weighted by molar-refractivity contribution is 7.74. The number of nitrogens with two attached hydrogens (primary N) is 1. The average molecular weight is 237 g/mol. The summed E-state index contributed by atoms with van der Waals surface area (Å²) in [6.07, 6.45) is 0.976. The fourth-order valence-corrected chi connectivity index (χ4v) is 1.23. The van der Waals surface area contributed by atoms with E-state index in [4.69, 9.17) is 5.73 Å². The molecule has 0 rings (SSSR count). The van der Waals surface area contributed by atoms with Crippen molar-refractivity contribution in [2.24, 2.45) is 11.7 Å². The molecule has 0 fully saturated rings. The Morgan fingerprint density at radius 3 is 2.60 bits per heavy atom. The largest absolute Gasteiger partial charge is 0.748 e. The predicted molar refractivity (Wildman–Crippen MR) is 50.4 cm³/mol. The van der Waals surface area contributed by atoms with E-state index in [0.29, 0.717) is 12.8 Å². The Bertz CT molecular complexity index is 258. The van der Waals surface area contributed by atoms with Gasteiger partial charge in [-0.1, -0.05) is 13.3 Å². The van der Waals surface area contributed by atoms with Crippen LogP contribution >= 0.6 is 0 Å². The van der Waals surface area contributed by atoms with E-state index in [1.165, 1.54) is 0 Å². The second-order valence-electron chi connectivity index (χ2n) is 2.91. The molecule has 0 saturated carbocycles. The quantitative estimate of drug-likeness (QED) is 0.440. The number of carbonyl (C=O) groups is 2. The molecule has 2 amide bonds.